The molecule has 1 fully saturated rings. The third-order valence-electron chi connectivity index (χ3n) is 4.09. The van der Waals surface area contributed by atoms with Gasteiger partial charge in [-0.3, -0.25) is 9.36 Å². The van der Waals surface area contributed by atoms with E-state index in [4.69, 9.17) is 0 Å². The van der Waals surface area contributed by atoms with E-state index in [0.29, 0.717) is 6.54 Å². The molecule has 25 heavy (non-hydrogen) atoms. The molecule has 1 saturated heterocycles. The van der Waals surface area contributed by atoms with Crippen LogP contribution in [-0.2, 0) is 13.6 Å². The average Bonchev–Trinajstić information content (AvgIpc) is 3.28. The van der Waals surface area contributed by atoms with Crippen LogP contribution >= 0.6 is 34.4 Å². The molecule has 2 aromatic heterocycles. The summed E-state index contributed by atoms with van der Waals surface area (Å²) < 4.78 is 7.18. The van der Waals surface area contributed by atoms with Crippen molar-refractivity contribution in [3.05, 3.63) is 48.8 Å². The van der Waals surface area contributed by atoms with E-state index in [1.54, 1.807) is 34.4 Å². The third-order valence-corrected chi connectivity index (χ3v) is 7.56. The first-order chi connectivity index (χ1) is 11.7. The van der Waals surface area contributed by atoms with Crippen molar-refractivity contribution in [1.82, 2.24) is 9.88 Å². The molecule has 0 unspecified atom stereocenters. The second kappa shape index (κ2) is 7.81. The summed E-state index contributed by atoms with van der Waals surface area (Å²) in [6.07, 6.45) is 2.14. The zero-order chi connectivity index (χ0) is 16.7. The summed E-state index contributed by atoms with van der Waals surface area (Å²) in [5.74, 6) is 1.03. The van der Waals surface area contributed by atoms with Crippen molar-refractivity contribution in [3.8, 4) is 0 Å². The van der Waals surface area contributed by atoms with Crippen LogP contribution in [-0.4, -0.2) is 16.9 Å². The minimum absolute atomic E-state index is 0. The van der Waals surface area contributed by atoms with Gasteiger partial charge in [0, 0.05) is 24.9 Å². The summed E-state index contributed by atoms with van der Waals surface area (Å²) in [7, 11) is 2.08. The maximum atomic E-state index is 12.7. The Morgan fingerprint density at radius 2 is 2.12 bits per heavy atom. The molecular weight excluding hydrogens is 485 g/mol. The van der Waals surface area contributed by atoms with E-state index in [0.717, 1.165) is 31.5 Å². The molecule has 0 radical (unpaired) electrons. The monoisotopic (exact) mass is 503 g/mol. The summed E-state index contributed by atoms with van der Waals surface area (Å²) in [4.78, 5) is 12.7. The third kappa shape index (κ3) is 3.41. The molecule has 0 bridgehead atoms. The standard InChI is InChI=1S/C17H17N3OS3.HI/c1-3-20-14(24-15(17(20)21)16-18-8-9-22-16)10-13-19(2)11-6-4-5-7-12(11)23-13;/h4-7,10H,3,8-9H2,1-2H3;1H. The lowest BCUT2D eigenvalue weighted by molar-refractivity contribution is -0.642. The van der Waals surface area contributed by atoms with E-state index in [1.807, 2.05) is 11.5 Å². The Morgan fingerprint density at radius 1 is 1.32 bits per heavy atom. The van der Waals surface area contributed by atoms with Gasteiger partial charge in [0.15, 0.2) is 0 Å². The van der Waals surface area contributed by atoms with Crippen molar-refractivity contribution < 1.29 is 28.5 Å². The second-order valence-electron chi connectivity index (χ2n) is 5.53. The number of rotatable bonds is 2. The van der Waals surface area contributed by atoms with E-state index in [1.165, 1.54) is 10.2 Å². The molecular formula is C17H18IN3OS3. The number of nitrogens with one attached hydrogen (secondary N) is 1. The molecule has 4 rings (SSSR count). The van der Waals surface area contributed by atoms with Crippen LogP contribution in [0.4, 0.5) is 0 Å². The number of para-hydroxylation sites is 1. The van der Waals surface area contributed by atoms with Crippen LogP contribution in [0.2, 0.25) is 0 Å². The fourth-order valence-electron chi connectivity index (χ4n) is 2.84. The Labute approximate surface area is 174 Å². The van der Waals surface area contributed by atoms with Gasteiger partial charge in [0.1, 0.15) is 20.9 Å². The number of fused-ring (bicyclic) bond motifs is 1. The normalized spacial score (nSPS) is 17.0. The minimum Gasteiger partial charge on any atom is -1.00 e. The average molecular weight is 503 g/mol. The van der Waals surface area contributed by atoms with Crippen LogP contribution in [0.15, 0.2) is 29.1 Å². The maximum absolute atomic E-state index is 12.7. The Bertz CT molecular complexity index is 1090. The van der Waals surface area contributed by atoms with Crippen molar-refractivity contribution >= 4 is 55.8 Å². The Balaban J connectivity index is 0.00000182. The van der Waals surface area contributed by atoms with Gasteiger partial charge in [0.05, 0.1) is 11.1 Å². The summed E-state index contributed by atoms with van der Waals surface area (Å²) in [5.41, 5.74) is 1.34. The lowest BCUT2D eigenvalue weighted by atomic mass is 10.3. The molecule has 1 N–H and O–H groups in total. The van der Waals surface area contributed by atoms with Crippen LogP contribution < -0.4 is 48.6 Å². The Hall–Kier alpha value is -0.840. The van der Waals surface area contributed by atoms with Crippen LogP contribution in [0.5, 0.6) is 0 Å². The lowest BCUT2D eigenvalue weighted by Gasteiger charge is -1.93. The van der Waals surface area contributed by atoms with Crippen molar-refractivity contribution in [3.63, 3.8) is 0 Å². The second-order valence-corrected chi connectivity index (χ2v) is 8.73. The number of hydrogen-bond acceptors (Lipinski definition) is 5. The number of nitrogens with zero attached hydrogens (tertiary/aromatic N) is 2. The number of aryl methyl sites for hydroxylation is 1. The molecule has 4 nitrogen and oxygen atoms in total. The number of hydrogen-bond donors (Lipinski definition) is 1. The quantitative estimate of drug-likeness (QED) is 0.332. The van der Waals surface area contributed by atoms with Gasteiger partial charge in [-0.15, -0.1) is 23.1 Å². The summed E-state index contributed by atoms with van der Waals surface area (Å²) in [6.45, 7) is 3.65. The van der Waals surface area contributed by atoms with Gasteiger partial charge in [0.25, 0.3) is 10.6 Å². The number of thioether (sulfide) groups is 1. The summed E-state index contributed by atoms with van der Waals surface area (Å²) in [6, 6.07) is 8.39. The van der Waals surface area contributed by atoms with Crippen molar-refractivity contribution in [2.75, 3.05) is 12.3 Å². The molecule has 0 amide bonds. The summed E-state index contributed by atoms with van der Waals surface area (Å²) in [5, 5.41) is 5.53. The predicted molar refractivity (Wildman–Crippen MR) is 104 cm³/mol. The molecule has 3 aromatic rings. The number of thiazole rings is 2. The minimum atomic E-state index is 0. The first kappa shape index (κ1) is 18.9. The molecule has 0 atom stereocenters. The lowest BCUT2D eigenvalue weighted by Crippen LogP contribution is -3.00. The van der Waals surface area contributed by atoms with E-state index >= 15 is 0 Å². The largest absolute Gasteiger partial charge is 1.00 e. The van der Waals surface area contributed by atoms with Gasteiger partial charge in [-0.05, 0) is 13.0 Å². The Morgan fingerprint density at radius 3 is 2.80 bits per heavy atom. The van der Waals surface area contributed by atoms with Crippen LogP contribution in [0.3, 0.4) is 0 Å². The van der Waals surface area contributed by atoms with Gasteiger partial charge < -0.3 is 29.3 Å². The van der Waals surface area contributed by atoms with Gasteiger partial charge >= 0.3 is 0 Å². The molecule has 1 aliphatic heterocycles. The van der Waals surface area contributed by atoms with E-state index < -0.39 is 0 Å². The SMILES string of the molecule is CCn1c(=O)/c(=C2\NCCS2)s/c1=C/c1sc2ccccc2[n+]1C.[I-]. The molecule has 0 spiro atoms. The van der Waals surface area contributed by atoms with Crippen molar-refractivity contribution in [1.29, 1.82) is 0 Å². The van der Waals surface area contributed by atoms with Gasteiger partial charge in [-0.1, -0.05) is 23.5 Å². The highest BCUT2D eigenvalue weighted by Gasteiger charge is 2.16. The van der Waals surface area contributed by atoms with E-state index in [-0.39, 0.29) is 29.5 Å². The fourth-order valence-corrected chi connectivity index (χ4v) is 6.20. The topological polar surface area (TPSA) is 37.9 Å². The van der Waals surface area contributed by atoms with Crippen LogP contribution in [0.25, 0.3) is 21.3 Å². The molecule has 0 saturated carbocycles. The summed E-state index contributed by atoms with van der Waals surface area (Å²) >= 11 is 5.09. The highest BCUT2D eigenvalue weighted by atomic mass is 127. The molecule has 8 heteroatoms. The van der Waals surface area contributed by atoms with Gasteiger partial charge in [0.2, 0.25) is 5.52 Å². The first-order valence-corrected chi connectivity index (χ1v) is 10.5. The molecule has 1 aliphatic rings. The zero-order valence-corrected chi connectivity index (χ0v) is 18.5. The molecule has 0 aliphatic carbocycles. The number of benzene rings is 1. The van der Waals surface area contributed by atoms with Crippen molar-refractivity contribution in [2.24, 2.45) is 7.05 Å². The van der Waals surface area contributed by atoms with Crippen LogP contribution in [0.1, 0.15) is 11.9 Å². The predicted octanol–water partition coefficient (Wildman–Crippen LogP) is -1.80. The highest BCUT2D eigenvalue weighted by Crippen LogP contribution is 2.20. The smallest absolute Gasteiger partial charge is 0.271 e. The van der Waals surface area contributed by atoms with E-state index in [9.17, 15) is 4.79 Å². The van der Waals surface area contributed by atoms with Gasteiger partial charge in [-0.25, -0.2) is 0 Å². The Kier molecular flexibility index (Phi) is 5.92. The van der Waals surface area contributed by atoms with Crippen molar-refractivity contribution in [2.45, 2.75) is 13.5 Å². The number of aromatic nitrogens is 2. The van der Waals surface area contributed by atoms with Gasteiger partial charge in [-0.2, -0.15) is 4.57 Å². The molecule has 1 aromatic carbocycles. The first-order valence-electron chi connectivity index (χ1n) is 7.89. The zero-order valence-electron chi connectivity index (χ0n) is 13.9. The molecule has 132 valence electrons. The van der Waals surface area contributed by atoms with Crippen LogP contribution in [0, 0.1) is 0 Å². The maximum Gasteiger partial charge on any atom is 0.271 e. The number of halogens is 1. The van der Waals surface area contributed by atoms with E-state index in [2.05, 4.69) is 47.3 Å². The fraction of sp³-hybridized carbons (Fsp3) is 0.294. The highest BCUT2D eigenvalue weighted by molar-refractivity contribution is 8.08. The molecule has 3 heterocycles.